The summed E-state index contributed by atoms with van der Waals surface area (Å²) in [5.41, 5.74) is 0. The Bertz CT molecular complexity index is 1870. The Kier molecular flexibility index (Phi) is 66.3. The van der Waals surface area contributed by atoms with Gasteiger partial charge in [0.05, 0.1) is 26.4 Å². The molecule has 93 heavy (non-hydrogen) atoms. The van der Waals surface area contributed by atoms with Crippen molar-refractivity contribution in [1.29, 1.82) is 0 Å². The number of esters is 4. The summed E-state index contributed by atoms with van der Waals surface area (Å²) in [5.74, 6) is -2.15. The molecule has 0 bridgehead atoms. The van der Waals surface area contributed by atoms with Crippen LogP contribution >= 0.6 is 15.6 Å². The van der Waals surface area contributed by atoms with E-state index in [1.807, 2.05) is 0 Å². The van der Waals surface area contributed by atoms with Gasteiger partial charge in [-0.05, 0) is 51.4 Å². The number of phosphoric acid groups is 2. The number of hydrogen-bond acceptors (Lipinski definition) is 15. The number of phosphoric ester groups is 2. The molecule has 0 aliphatic carbocycles. The lowest BCUT2D eigenvalue weighted by atomic mass is 10.0. The Morgan fingerprint density at radius 3 is 0.785 bits per heavy atom. The molecule has 0 heterocycles. The van der Waals surface area contributed by atoms with Crippen LogP contribution in [-0.4, -0.2) is 96.7 Å². The predicted molar refractivity (Wildman–Crippen MR) is 377 cm³/mol. The van der Waals surface area contributed by atoms with E-state index in [1.54, 1.807) is 0 Å². The van der Waals surface area contributed by atoms with Gasteiger partial charge in [0.2, 0.25) is 0 Å². The number of ether oxygens (including phenoxy) is 4. The highest BCUT2D eigenvalue weighted by Gasteiger charge is 2.30. The minimum Gasteiger partial charge on any atom is -0.462 e. The number of aliphatic hydroxyl groups is 1. The van der Waals surface area contributed by atoms with E-state index in [0.717, 1.165) is 103 Å². The SMILES string of the molecule is CCCCCC/C=C\C=C/CCCCCCCC(=O)O[C@H](COC(=O)CCCCCCCCCCCCCCCCC)COP(=O)(O)OC[C@@H](O)COP(=O)(O)OC[C@@H](COC(=O)CCCCCCCCCCC)OC(=O)CCCCCCCCCCCCCCCC. The summed E-state index contributed by atoms with van der Waals surface area (Å²) in [6.45, 7) is 4.90. The van der Waals surface area contributed by atoms with E-state index in [9.17, 15) is 43.2 Å². The largest absolute Gasteiger partial charge is 0.472 e. The van der Waals surface area contributed by atoms with Gasteiger partial charge in [-0.25, -0.2) is 9.13 Å². The number of carbonyl (C=O) groups excluding carboxylic acids is 4. The van der Waals surface area contributed by atoms with Crippen molar-refractivity contribution >= 4 is 39.5 Å². The first kappa shape index (κ1) is 90.5. The maximum Gasteiger partial charge on any atom is 0.472 e. The number of aliphatic hydroxyl groups excluding tert-OH is 1. The van der Waals surface area contributed by atoms with Crippen molar-refractivity contribution in [2.45, 2.75) is 386 Å². The van der Waals surface area contributed by atoms with Crippen LogP contribution in [0, 0.1) is 0 Å². The summed E-state index contributed by atoms with van der Waals surface area (Å²) in [4.78, 5) is 72.7. The highest BCUT2D eigenvalue weighted by Crippen LogP contribution is 2.45. The van der Waals surface area contributed by atoms with Gasteiger partial charge in [-0.2, -0.15) is 0 Å². The van der Waals surface area contributed by atoms with E-state index in [0.29, 0.717) is 25.7 Å². The third-order valence-electron chi connectivity index (χ3n) is 16.7. The second-order valence-corrected chi connectivity index (χ2v) is 28.9. The molecule has 0 aromatic carbocycles. The van der Waals surface area contributed by atoms with Crippen LogP contribution in [0.3, 0.4) is 0 Å². The Balaban J connectivity index is 5.27. The molecule has 19 heteroatoms. The van der Waals surface area contributed by atoms with Crippen LogP contribution in [-0.2, 0) is 65.4 Å². The van der Waals surface area contributed by atoms with Gasteiger partial charge in [-0.15, -0.1) is 0 Å². The van der Waals surface area contributed by atoms with E-state index < -0.39 is 97.5 Å². The summed E-state index contributed by atoms with van der Waals surface area (Å²) in [6, 6.07) is 0. The van der Waals surface area contributed by atoms with Crippen molar-refractivity contribution in [3.05, 3.63) is 24.3 Å². The van der Waals surface area contributed by atoms with E-state index in [-0.39, 0.29) is 25.7 Å². The number of unbranched alkanes of at least 4 members (excludes halogenated alkanes) is 44. The molecule has 0 saturated heterocycles. The van der Waals surface area contributed by atoms with E-state index >= 15 is 0 Å². The fraction of sp³-hybridized carbons (Fsp3) is 0.892. The smallest absolute Gasteiger partial charge is 0.462 e. The second kappa shape index (κ2) is 68.1. The van der Waals surface area contributed by atoms with Gasteiger partial charge >= 0.3 is 39.5 Å². The van der Waals surface area contributed by atoms with Crippen LogP contribution in [0.25, 0.3) is 0 Å². The van der Waals surface area contributed by atoms with Crippen LogP contribution < -0.4 is 0 Å². The number of allylic oxidation sites excluding steroid dienone is 4. The van der Waals surface area contributed by atoms with Crippen molar-refractivity contribution in [1.82, 2.24) is 0 Å². The molecule has 17 nitrogen and oxygen atoms in total. The molecule has 0 aromatic heterocycles. The minimum absolute atomic E-state index is 0.0860. The van der Waals surface area contributed by atoms with Gasteiger partial charge in [0, 0.05) is 25.7 Å². The molecule has 0 radical (unpaired) electrons. The van der Waals surface area contributed by atoms with Gasteiger partial charge in [-0.3, -0.25) is 37.3 Å². The lowest BCUT2D eigenvalue weighted by Crippen LogP contribution is -2.30. The molecular formula is C74H140O17P2. The molecule has 2 unspecified atom stereocenters. The molecule has 0 aliphatic heterocycles. The topological polar surface area (TPSA) is 237 Å². The van der Waals surface area contributed by atoms with Crippen molar-refractivity contribution in [3.8, 4) is 0 Å². The standard InChI is InChI=1S/C74H140O17P2/c1-5-9-13-17-21-25-28-31-34-37-39-43-47-51-55-59-72(77)85-65-70(91-74(79)61-57-53-49-45-41-38-35-32-29-26-22-18-14-10-6-2)67-89-93(82,83)87-63-68(75)62-86-92(80,81)88-66-69(64-84-71(76)58-54-50-46-42-24-20-16-12-8-4)90-73(78)60-56-52-48-44-40-36-33-30-27-23-19-15-11-7-3/h26,29,32,35,68-70,75H,5-25,27-28,30-31,33-34,36-67H2,1-4H3,(H,80,81)(H,82,83)/b29-26-,35-32-/t68-,69+,70+/m0/s1. The van der Waals surface area contributed by atoms with Gasteiger partial charge < -0.3 is 33.8 Å². The van der Waals surface area contributed by atoms with Crippen LogP contribution in [0.2, 0.25) is 0 Å². The number of hydrogen-bond donors (Lipinski definition) is 3. The maximum atomic E-state index is 13.1. The molecule has 0 rings (SSSR count). The first-order valence-corrected chi connectivity index (χ1v) is 41.1. The fourth-order valence-corrected chi connectivity index (χ4v) is 12.4. The van der Waals surface area contributed by atoms with Crippen LogP contribution in [0.1, 0.15) is 368 Å². The molecular weight excluding hydrogens is 1220 g/mol. The van der Waals surface area contributed by atoms with Crippen LogP contribution in [0.15, 0.2) is 24.3 Å². The summed E-state index contributed by atoms with van der Waals surface area (Å²) >= 11 is 0. The van der Waals surface area contributed by atoms with Gasteiger partial charge in [0.15, 0.2) is 12.2 Å². The molecule has 0 aliphatic rings. The van der Waals surface area contributed by atoms with Crippen molar-refractivity contribution in [2.75, 3.05) is 39.6 Å². The van der Waals surface area contributed by atoms with Crippen molar-refractivity contribution in [3.63, 3.8) is 0 Å². The summed E-state index contributed by atoms with van der Waals surface area (Å²) in [7, 11) is -9.92. The molecule has 0 amide bonds. The van der Waals surface area contributed by atoms with E-state index in [1.165, 1.54) is 186 Å². The molecule has 548 valence electrons. The highest BCUT2D eigenvalue weighted by molar-refractivity contribution is 7.47. The molecule has 3 N–H and O–H groups in total. The Morgan fingerprint density at radius 1 is 0.301 bits per heavy atom. The van der Waals surface area contributed by atoms with Gasteiger partial charge in [-0.1, -0.05) is 315 Å². The number of rotatable bonds is 73. The highest BCUT2D eigenvalue weighted by atomic mass is 31.2. The molecule has 5 atom stereocenters. The first-order chi connectivity index (χ1) is 45.2. The molecule has 0 aromatic rings. The average molecular weight is 1360 g/mol. The Labute approximate surface area is 567 Å². The Morgan fingerprint density at radius 2 is 0.516 bits per heavy atom. The Hall–Kier alpha value is -2.46. The summed E-state index contributed by atoms with van der Waals surface area (Å²) < 4.78 is 68.4. The predicted octanol–water partition coefficient (Wildman–Crippen LogP) is 21.4. The van der Waals surface area contributed by atoms with E-state index in [2.05, 4.69) is 52.0 Å². The van der Waals surface area contributed by atoms with Gasteiger partial charge in [0.25, 0.3) is 0 Å². The molecule has 0 saturated carbocycles. The average Bonchev–Trinajstić information content (AvgIpc) is 3.64. The fourth-order valence-electron chi connectivity index (χ4n) is 10.9. The van der Waals surface area contributed by atoms with Gasteiger partial charge in [0.1, 0.15) is 19.3 Å². The lowest BCUT2D eigenvalue weighted by molar-refractivity contribution is -0.161. The summed E-state index contributed by atoms with van der Waals surface area (Å²) in [5, 5.41) is 10.6. The zero-order chi connectivity index (χ0) is 68.2. The normalized spacial score (nSPS) is 14.1. The molecule has 0 fully saturated rings. The first-order valence-electron chi connectivity index (χ1n) is 38.1. The maximum absolute atomic E-state index is 13.1. The quantitative estimate of drug-likeness (QED) is 0.0169. The number of carbonyl (C=O) groups is 4. The monoisotopic (exact) mass is 1360 g/mol. The third kappa shape index (κ3) is 67.9. The van der Waals surface area contributed by atoms with Crippen molar-refractivity contribution in [2.24, 2.45) is 0 Å². The van der Waals surface area contributed by atoms with E-state index in [4.69, 9.17) is 37.0 Å². The summed E-state index contributed by atoms with van der Waals surface area (Å²) in [6.07, 6.45) is 60.3. The lowest BCUT2D eigenvalue weighted by Gasteiger charge is -2.21. The third-order valence-corrected chi connectivity index (χ3v) is 18.6. The van der Waals surface area contributed by atoms with Crippen LogP contribution in [0.5, 0.6) is 0 Å². The van der Waals surface area contributed by atoms with Crippen LogP contribution in [0.4, 0.5) is 0 Å². The second-order valence-electron chi connectivity index (χ2n) is 26.0. The minimum atomic E-state index is -4.96. The molecule has 0 spiro atoms. The zero-order valence-electron chi connectivity index (χ0n) is 59.7. The van der Waals surface area contributed by atoms with Crippen molar-refractivity contribution < 1.29 is 80.2 Å². The zero-order valence-corrected chi connectivity index (χ0v) is 61.5.